The van der Waals surface area contributed by atoms with Gasteiger partial charge >= 0.3 is 5.97 Å². The number of methoxy groups -OCH3 is 1. The number of rotatable bonds is 6. The predicted octanol–water partition coefficient (Wildman–Crippen LogP) is 1.12. The molecule has 0 spiro atoms. The van der Waals surface area contributed by atoms with E-state index in [0.717, 1.165) is 5.56 Å². The summed E-state index contributed by atoms with van der Waals surface area (Å²) in [4.78, 5) is 11.6. The van der Waals surface area contributed by atoms with E-state index in [1.165, 1.54) is 19.2 Å². The Bertz CT molecular complexity index is 602. The third-order valence-corrected chi connectivity index (χ3v) is 4.15. The van der Waals surface area contributed by atoms with Crippen LogP contribution in [0.15, 0.2) is 29.2 Å². The van der Waals surface area contributed by atoms with Crippen LogP contribution in [0.3, 0.4) is 0 Å². The first-order valence-corrected chi connectivity index (χ1v) is 7.43. The first-order chi connectivity index (χ1) is 9.40. The number of sulfonamides is 1. The molecule has 1 atom stereocenters. The molecular weight excluding hydrogens is 280 g/mol. The van der Waals surface area contributed by atoms with Crippen LogP contribution in [-0.4, -0.2) is 27.5 Å². The van der Waals surface area contributed by atoms with Gasteiger partial charge in [0.2, 0.25) is 10.0 Å². The summed E-state index contributed by atoms with van der Waals surface area (Å²) in [6.45, 7) is 1.84. The Hall–Kier alpha value is -1.91. The van der Waals surface area contributed by atoms with Crippen molar-refractivity contribution >= 4 is 16.0 Å². The lowest BCUT2D eigenvalue weighted by atomic mass is 10.2. The number of nitrogens with zero attached hydrogens (tertiary/aromatic N) is 1. The second-order valence-corrected chi connectivity index (χ2v) is 5.92. The highest BCUT2D eigenvalue weighted by Crippen LogP contribution is 2.12. The van der Waals surface area contributed by atoms with Crippen molar-refractivity contribution in [2.75, 3.05) is 7.11 Å². The van der Waals surface area contributed by atoms with Gasteiger partial charge in [-0.2, -0.15) is 9.98 Å². The van der Waals surface area contributed by atoms with Gasteiger partial charge in [-0.3, -0.25) is 4.79 Å². The highest BCUT2D eigenvalue weighted by Gasteiger charge is 2.25. The van der Waals surface area contributed by atoms with E-state index in [0.29, 0.717) is 0 Å². The van der Waals surface area contributed by atoms with Crippen LogP contribution in [0, 0.1) is 18.3 Å². The Morgan fingerprint density at radius 2 is 2.00 bits per heavy atom. The average Bonchev–Trinajstić information content (AvgIpc) is 2.43. The summed E-state index contributed by atoms with van der Waals surface area (Å²) in [7, 11) is -2.65. The molecule has 1 aromatic carbocycles. The largest absolute Gasteiger partial charge is 0.468 e. The minimum atomic E-state index is -3.82. The van der Waals surface area contributed by atoms with E-state index >= 15 is 0 Å². The maximum absolute atomic E-state index is 12.1. The van der Waals surface area contributed by atoms with E-state index in [1.54, 1.807) is 12.1 Å². The Morgan fingerprint density at radius 1 is 1.40 bits per heavy atom. The van der Waals surface area contributed by atoms with E-state index < -0.39 is 22.0 Å². The van der Waals surface area contributed by atoms with Crippen molar-refractivity contribution in [3.05, 3.63) is 29.8 Å². The van der Waals surface area contributed by atoms with E-state index in [-0.39, 0.29) is 17.7 Å². The molecule has 108 valence electrons. The second-order valence-electron chi connectivity index (χ2n) is 4.21. The van der Waals surface area contributed by atoms with Crippen LogP contribution in [0.5, 0.6) is 0 Å². The fraction of sp³-hybridized carbons (Fsp3) is 0.385. The maximum Gasteiger partial charge on any atom is 0.323 e. The van der Waals surface area contributed by atoms with Gasteiger partial charge < -0.3 is 4.74 Å². The molecule has 7 heteroatoms. The molecule has 0 saturated heterocycles. The van der Waals surface area contributed by atoms with Crippen molar-refractivity contribution in [3.8, 4) is 6.07 Å². The molecule has 0 aliphatic heterocycles. The van der Waals surface area contributed by atoms with Gasteiger partial charge in [0.15, 0.2) is 0 Å². The number of nitriles is 1. The Balaban J connectivity index is 2.93. The fourth-order valence-electron chi connectivity index (χ4n) is 1.55. The molecule has 1 N–H and O–H groups in total. The maximum atomic E-state index is 12.1. The van der Waals surface area contributed by atoms with Crippen LogP contribution in [-0.2, 0) is 19.6 Å². The molecule has 0 fully saturated rings. The summed E-state index contributed by atoms with van der Waals surface area (Å²) < 4.78 is 31.1. The van der Waals surface area contributed by atoms with Crippen molar-refractivity contribution in [1.29, 1.82) is 5.26 Å². The number of hydrogen-bond acceptors (Lipinski definition) is 5. The van der Waals surface area contributed by atoms with Gasteiger partial charge in [0.05, 0.1) is 18.1 Å². The molecule has 1 rings (SSSR count). The Morgan fingerprint density at radius 3 is 2.50 bits per heavy atom. The van der Waals surface area contributed by atoms with Crippen LogP contribution in [0.2, 0.25) is 0 Å². The molecular formula is C13H16N2O4S. The first-order valence-electron chi connectivity index (χ1n) is 5.94. The van der Waals surface area contributed by atoms with Gasteiger partial charge in [0.25, 0.3) is 0 Å². The topological polar surface area (TPSA) is 96.3 Å². The molecule has 20 heavy (non-hydrogen) atoms. The number of carbonyl (C=O) groups excluding carboxylic acids is 1. The van der Waals surface area contributed by atoms with Gasteiger partial charge in [-0.05, 0) is 25.5 Å². The summed E-state index contributed by atoms with van der Waals surface area (Å²) in [6.07, 6.45) is 0.116. The zero-order valence-corrected chi connectivity index (χ0v) is 12.1. The van der Waals surface area contributed by atoms with E-state index in [4.69, 9.17) is 5.26 Å². The third-order valence-electron chi connectivity index (χ3n) is 2.66. The van der Waals surface area contributed by atoms with Crippen LogP contribution in [0.1, 0.15) is 18.4 Å². The van der Waals surface area contributed by atoms with E-state index in [1.807, 2.05) is 13.0 Å². The highest BCUT2D eigenvalue weighted by molar-refractivity contribution is 7.89. The smallest absolute Gasteiger partial charge is 0.323 e. The molecule has 1 aromatic rings. The van der Waals surface area contributed by atoms with Gasteiger partial charge in [0.1, 0.15) is 6.04 Å². The highest BCUT2D eigenvalue weighted by atomic mass is 32.2. The molecule has 0 amide bonds. The molecule has 0 heterocycles. The lowest BCUT2D eigenvalue weighted by molar-refractivity contribution is -0.142. The lowest BCUT2D eigenvalue weighted by Gasteiger charge is -2.15. The predicted molar refractivity (Wildman–Crippen MR) is 72.2 cm³/mol. The summed E-state index contributed by atoms with van der Waals surface area (Å²) in [6, 6.07) is 7.04. The standard InChI is InChI=1S/C13H16N2O4S/c1-10-5-7-11(8-6-10)20(17,18)15-12(4-3-9-14)13(16)19-2/h5-8,12,15H,3-4H2,1-2H3. The monoisotopic (exact) mass is 296 g/mol. The van der Waals surface area contributed by atoms with E-state index in [9.17, 15) is 13.2 Å². The quantitative estimate of drug-likeness (QED) is 0.793. The Kier molecular flexibility index (Phi) is 5.67. The zero-order valence-electron chi connectivity index (χ0n) is 11.3. The molecule has 0 bridgehead atoms. The van der Waals surface area contributed by atoms with Crippen molar-refractivity contribution in [1.82, 2.24) is 4.72 Å². The van der Waals surface area contributed by atoms with Crippen LogP contribution >= 0.6 is 0 Å². The van der Waals surface area contributed by atoms with Gasteiger partial charge in [-0.25, -0.2) is 8.42 Å². The SMILES string of the molecule is COC(=O)C(CCC#N)NS(=O)(=O)c1ccc(C)cc1. The number of benzene rings is 1. The fourth-order valence-corrected chi connectivity index (χ4v) is 2.77. The number of carbonyl (C=O) groups is 1. The summed E-state index contributed by atoms with van der Waals surface area (Å²) >= 11 is 0. The number of aryl methyl sites for hydroxylation is 1. The number of nitrogens with one attached hydrogen (secondary N) is 1. The number of esters is 1. The van der Waals surface area contributed by atoms with Crippen molar-refractivity contribution in [2.24, 2.45) is 0 Å². The summed E-state index contributed by atoms with van der Waals surface area (Å²) in [5.41, 5.74) is 0.929. The summed E-state index contributed by atoms with van der Waals surface area (Å²) in [5.74, 6) is -0.712. The molecule has 0 aliphatic carbocycles. The van der Waals surface area contributed by atoms with Gasteiger partial charge in [-0.15, -0.1) is 0 Å². The third kappa shape index (κ3) is 4.33. The molecule has 1 unspecified atom stereocenters. The lowest BCUT2D eigenvalue weighted by Crippen LogP contribution is -2.41. The van der Waals surface area contributed by atoms with Crippen molar-refractivity contribution in [2.45, 2.75) is 30.7 Å². The molecule has 6 nitrogen and oxygen atoms in total. The van der Waals surface area contributed by atoms with Gasteiger partial charge in [-0.1, -0.05) is 17.7 Å². The average molecular weight is 296 g/mol. The number of ether oxygens (including phenoxy) is 1. The first kappa shape index (κ1) is 16.1. The molecule has 0 radical (unpaired) electrons. The molecule has 0 saturated carbocycles. The second kappa shape index (κ2) is 7.03. The summed E-state index contributed by atoms with van der Waals surface area (Å²) in [5, 5.41) is 8.54. The minimum Gasteiger partial charge on any atom is -0.468 e. The van der Waals surface area contributed by atoms with Crippen LogP contribution in [0.25, 0.3) is 0 Å². The van der Waals surface area contributed by atoms with E-state index in [2.05, 4.69) is 9.46 Å². The van der Waals surface area contributed by atoms with Crippen LogP contribution in [0.4, 0.5) is 0 Å². The normalized spacial score (nSPS) is 12.4. The van der Waals surface area contributed by atoms with Crippen LogP contribution < -0.4 is 4.72 Å². The van der Waals surface area contributed by atoms with Gasteiger partial charge in [0, 0.05) is 6.42 Å². The molecule has 0 aliphatic rings. The van der Waals surface area contributed by atoms with Crippen molar-refractivity contribution < 1.29 is 17.9 Å². The minimum absolute atomic E-state index is 0.0518. The van der Waals surface area contributed by atoms with Crippen molar-refractivity contribution in [3.63, 3.8) is 0 Å². The molecule has 0 aromatic heterocycles. The Labute approximate surface area is 118 Å². The zero-order chi connectivity index (χ0) is 15.2. The number of hydrogen-bond donors (Lipinski definition) is 1.